The number of nitrogens with zero attached hydrogens (tertiary/aromatic N) is 3. The Morgan fingerprint density at radius 1 is 0.528 bits per heavy atom. The third kappa shape index (κ3) is 4.55. The molecule has 6 aliphatic rings. The van der Waals surface area contributed by atoms with E-state index in [0.717, 1.165) is 75.4 Å². The van der Waals surface area contributed by atoms with Crippen molar-refractivity contribution < 1.29 is 28.8 Å². The Morgan fingerprint density at radius 3 is 1.28 bits per heavy atom. The molecule has 0 aromatic carbocycles. The van der Waals surface area contributed by atoms with E-state index in [9.17, 15) is 28.8 Å². The molecule has 6 rings (SSSR count). The van der Waals surface area contributed by atoms with Crippen LogP contribution in [0.1, 0.15) is 64.2 Å². The summed E-state index contributed by atoms with van der Waals surface area (Å²) in [6.07, 6.45) is 13.2. The van der Waals surface area contributed by atoms with Gasteiger partial charge in [0.15, 0.2) is 0 Å². The minimum atomic E-state index is -0.0744. The predicted molar refractivity (Wildman–Crippen MR) is 130 cm³/mol. The third-order valence-electron chi connectivity index (χ3n) is 8.38. The summed E-state index contributed by atoms with van der Waals surface area (Å²) in [4.78, 5) is 72.4. The van der Waals surface area contributed by atoms with Crippen LogP contribution in [0.15, 0.2) is 23.3 Å². The van der Waals surface area contributed by atoms with Crippen molar-refractivity contribution in [3.63, 3.8) is 0 Å². The van der Waals surface area contributed by atoms with Crippen molar-refractivity contribution in [2.75, 3.05) is 21.1 Å². The first kappa shape index (κ1) is 26.0. The lowest BCUT2D eigenvalue weighted by molar-refractivity contribution is -0.139. The van der Waals surface area contributed by atoms with Crippen LogP contribution < -0.4 is 0 Å². The molecule has 36 heavy (non-hydrogen) atoms. The molecule has 0 aromatic rings. The number of allylic oxidation sites excluding steroid dienone is 2. The van der Waals surface area contributed by atoms with Gasteiger partial charge in [0.1, 0.15) is 0 Å². The molecular formula is C27H35N3O6. The van der Waals surface area contributed by atoms with E-state index in [0.29, 0.717) is 0 Å². The van der Waals surface area contributed by atoms with Crippen LogP contribution in [0, 0.1) is 23.7 Å². The van der Waals surface area contributed by atoms with Gasteiger partial charge in [-0.25, -0.2) is 0 Å². The fraction of sp³-hybridized carbons (Fsp3) is 0.630. The number of hydrogen-bond acceptors (Lipinski definition) is 6. The molecule has 4 unspecified atom stereocenters. The van der Waals surface area contributed by atoms with Crippen molar-refractivity contribution in [3.05, 3.63) is 23.3 Å². The highest BCUT2D eigenvalue weighted by Crippen LogP contribution is 2.37. The summed E-state index contributed by atoms with van der Waals surface area (Å²) in [5, 5.41) is 0. The Morgan fingerprint density at radius 2 is 0.889 bits per heavy atom. The third-order valence-corrected chi connectivity index (χ3v) is 8.38. The van der Waals surface area contributed by atoms with Gasteiger partial charge in [-0.15, -0.1) is 0 Å². The lowest BCUT2D eigenvalue weighted by Gasteiger charge is -2.19. The minimum Gasteiger partial charge on any atom is -0.285 e. The van der Waals surface area contributed by atoms with Gasteiger partial charge < -0.3 is 0 Å². The first-order valence-corrected chi connectivity index (χ1v) is 13.0. The van der Waals surface area contributed by atoms with Crippen LogP contribution in [0.4, 0.5) is 0 Å². The molecule has 0 radical (unpaired) electrons. The summed E-state index contributed by atoms with van der Waals surface area (Å²) in [6.45, 7) is 0. The standard InChI is InChI=1S/C9H13NO2.2C9H11NO2/c3*1-10-8(11)6-4-2-3-5-7(6)9(10)12/h6-7H,2-5H2,1H3;2-5H2,1H3;2-3,6-7H,4-5H2,1H3. The predicted octanol–water partition coefficient (Wildman–Crippen LogP) is 2.21. The number of hydrogen-bond donors (Lipinski definition) is 0. The van der Waals surface area contributed by atoms with Crippen LogP contribution in [0.5, 0.6) is 0 Å². The molecule has 0 aromatic heterocycles. The molecule has 194 valence electrons. The molecular weight excluding hydrogens is 462 g/mol. The molecule has 6 amide bonds. The highest BCUT2D eigenvalue weighted by atomic mass is 16.2. The second kappa shape index (κ2) is 10.5. The van der Waals surface area contributed by atoms with Crippen LogP contribution in [-0.4, -0.2) is 71.3 Å². The van der Waals surface area contributed by atoms with Gasteiger partial charge in [-0.3, -0.25) is 43.5 Å². The van der Waals surface area contributed by atoms with Gasteiger partial charge in [-0.2, -0.15) is 0 Å². The van der Waals surface area contributed by atoms with Crippen LogP contribution in [0.2, 0.25) is 0 Å². The molecule has 0 bridgehead atoms. The molecule has 3 fully saturated rings. The quantitative estimate of drug-likeness (QED) is 0.375. The summed E-state index contributed by atoms with van der Waals surface area (Å²) in [6, 6.07) is 0. The number of fused-ring (bicyclic) bond motifs is 2. The Labute approximate surface area is 211 Å². The maximum Gasteiger partial charge on any atom is 0.256 e. The topological polar surface area (TPSA) is 112 Å². The van der Waals surface area contributed by atoms with Gasteiger partial charge in [0.2, 0.25) is 23.6 Å². The lowest BCUT2D eigenvalue weighted by Crippen LogP contribution is -2.26. The van der Waals surface area contributed by atoms with Crippen molar-refractivity contribution in [1.29, 1.82) is 0 Å². The van der Waals surface area contributed by atoms with Gasteiger partial charge in [0.25, 0.3) is 11.8 Å². The van der Waals surface area contributed by atoms with Crippen molar-refractivity contribution in [1.82, 2.24) is 14.7 Å². The Bertz CT molecular complexity index is 982. The van der Waals surface area contributed by atoms with Gasteiger partial charge >= 0.3 is 0 Å². The SMILES string of the molecule is CN1C(=O)C2=C(CCCC2)C1=O.CN1C(=O)C2CC=CCC2C1=O.CN1C(=O)C2CCCCC2C1=O. The Kier molecular flexibility index (Phi) is 7.57. The fourth-order valence-electron chi connectivity index (χ4n) is 6.17. The average Bonchev–Trinajstić information content (AvgIpc) is 3.38. The summed E-state index contributed by atoms with van der Waals surface area (Å²) >= 11 is 0. The molecule has 3 aliphatic carbocycles. The van der Waals surface area contributed by atoms with Gasteiger partial charge in [0, 0.05) is 32.3 Å². The van der Waals surface area contributed by atoms with E-state index in [1.807, 2.05) is 12.2 Å². The van der Waals surface area contributed by atoms with E-state index in [2.05, 4.69) is 0 Å². The smallest absolute Gasteiger partial charge is 0.256 e. The monoisotopic (exact) mass is 497 g/mol. The summed E-state index contributed by atoms with van der Waals surface area (Å²) in [5.74, 6) is -0.144. The number of likely N-dealkylation sites (tertiary alicyclic amines) is 2. The number of likely N-dealkylation sites (N-methyl/N-ethyl adjacent to an activating group) is 1. The largest absolute Gasteiger partial charge is 0.285 e. The van der Waals surface area contributed by atoms with Crippen molar-refractivity contribution in [2.45, 2.75) is 64.2 Å². The summed E-state index contributed by atoms with van der Waals surface area (Å²) in [7, 11) is 4.73. The second-order valence-corrected chi connectivity index (χ2v) is 10.5. The molecule has 3 heterocycles. The maximum absolute atomic E-state index is 11.5. The van der Waals surface area contributed by atoms with Gasteiger partial charge in [0.05, 0.1) is 23.7 Å². The van der Waals surface area contributed by atoms with Gasteiger partial charge in [-0.1, -0.05) is 25.0 Å². The number of imide groups is 3. The molecule has 1 saturated carbocycles. The normalized spacial score (nSPS) is 31.1. The van der Waals surface area contributed by atoms with Crippen LogP contribution in [-0.2, 0) is 28.8 Å². The minimum absolute atomic E-state index is 0.00523. The van der Waals surface area contributed by atoms with E-state index in [1.165, 1.54) is 14.7 Å². The van der Waals surface area contributed by atoms with Gasteiger partial charge in [-0.05, 0) is 51.4 Å². The zero-order valence-electron chi connectivity index (χ0n) is 21.3. The summed E-state index contributed by atoms with van der Waals surface area (Å²) < 4.78 is 0. The molecule has 9 nitrogen and oxygen atoms in total. The number of carbonyl (C=O) groups excluding carboxylic acids is 6. The zero-order valence-corrected chi connectivity index (χ0v) is 21.3. The first-order chi connectivity index (χ1) is 17.1. The van der Waals surface area contributed by atoms with E-state index >= 15 is 0 Å². The van der Waals surface area contributed by atoms with E-state index in [4.69, 9.17) is 0 Å². The number of amides is 6. The number of carbonyl (C=O) groups is 6. The highest BCUT2D eigenvalue weighted by molar-refractivity contribution is 6.19. The van der Waals surface area contributed by atoms with Crippen LogP contribution in [0.25, 0.3) is 0 Å². The van der Waals surface area contributed by atoms with Crippen molar-refractivity contribution >= 4 is 35.4 Å². The zero-order chi connectivity index (χ0) is 26.1. The molecule has 0 spiro atoms. The highest BCUT2D eigenvalue weighted by Gasteiger charge is 2.46. The molecule has 0 N–H and O–H groups in total. The van der Waals surface area contributed by atoms with Crippen LogP contribution in [0.3, 0.4) is 0 Å². The lowest BCUT2D eigenvalue weighted by atomic mass is 9.81. The maximum atomic E-state index is 11.5. The fourth-order valence-corrected chi connectivity index (χ4v) is 6.17. The molecule has 4 atom stereocenters. The van der Waals surface area contributed by atoms with Crippen molar-refractivity contribution in [3.8, 4) is 0 Å². The van der Waals surface area contributed by atoms with E-state index < -0.39 is 0 Å². The van der Waals surface area contributed by atoms with Crippen molar-refractivity contribution in [2.24, 2.45) is 23.7 Å². The molecule has 9 heteroatoms. The first-order valence-electron chi connectivity index (χ1n) is 13.0. The molecule has 3 aliphatic heterocycles. The van der Waals surface area contributed by atoms with Crippen LogP contribution >= 0.6 is 0 Å². The van der Waals surface area contributed by atoms with E-state index in [1.54, 1.807) is 21.1 Å². The Hall–Kier alpha value is -3.10. The molecule has 2 saturated heterocycles. The number of rotatable bonds is 0. The Balaban J connectivity index is 0.000000127. The van der Waals surface area contributed by atoms with E-state index in [-0.39, 0.29) is 59.1 Å². The second-order valence-electron chi connectivity index (χ2n) is 10.5. The average molecular weight is 498 g/mol. The summed E-state index contributed by atoms with van der Waals surface area (Å²) in [5.41, 5.74) is 1.54.